The molecule has 1 aromatic carbocycles. The first kappa shape index (κ1) is 17.1. The van der Waals surface area contributed by atoms with E-state index < -0.39 is 23.5 Å². The molecular formula is C16H19FN2O4. The number of benzene rings is 1. The number of aromatic nitrogens is 2. The van der Waals surface area contributed by atoms with Gasteiger partial charge in [0.25, 0.3) is 5.89 Å². The second-order valence-corrected chi connectivity index (χ2v) is 6.08. The zero-order valence-corrected chi connectivity index (χ0v) is 13.5. The predicted octanol–water partition coefficient (Wildman–Crippen LogP) is 3.27. The molecule has 0 spiro atoms. The molecule has 0 aliphatic rings. The summed E-state index contributed by atoms with van der Waals surface area (Å²) in [6, 6.07) is 3.91. The topological polar surface area (TPSA) is 85.5 Å². The van der Waals surface area contributed by atoms with Gasteiger partial charge in [0.1, 0.15) is 17.5 Å². The van der Waals surface area contributed by atoms with Gasteiger partial charge in [-0.2, -0.15) is 4.98 Å². The Hall–Kier alpha value is -2.28. The molecule has 2 rings (SSSR count). The molecule has 0 aliphatic heterocycles. The fourth-order valence-corrected chi connectivity index (χ4v) is 1.82. The summed E-state index contributed by atoms with van der Waals surface area (Å²) >= 11 is 0. The van der Waals surface area contributed by atoms with Crippen LogP contribution >= 0.6 is 0 Å². The third-order valence-electron chi connectivity index (χ3n) is 2.96. The standard InChI is InChI=1S/C16H19FN2O4/c1-5-12(20)13-18-14(23-19-13)9-6-7-10(11(17)8-9)15(21)22-16(2,3)4/h6-8,12,20H,5H2,1-4H3/t12-/m0/s1. The third kappa shape index (κ3) is 4.13. The number of esters is 1. The van der Waals surface area contributed by atoms with E-state index in [4.69, 9.17) is 9.26 Å². The van der Waals surface area contributed by atoms with Crippen LogP contribution in [0.2, 0.25) is 0 Å². The highest BCUT2D eigenvalue weighted by atomic mass is 19.1. The van der Waals surface area contributed by atoms with Crippen molar-refractivity contribution in [2.75, 3.05) is 0 Å². The first-order valence-corrected chi connectivity index (χ1v) is 7.26. The maximum absolute atomic E-state index is 14.2. The molecule has 23 heavy (non-hydrogen) atoms. The molecule has 0 saturated carbocycles. The summed E-state index contributed by atoms with van der Waals surface area (Å²) in [5.41, 5.74) is -0.561. The van der Waals surface area contributed by atoms with Gasteiger partial charge in [0.2, 0.25) is 5.82 Å². The Kier molecular flexibility index (Phi) is 4.79. The molecular weight excluding hydrogens is 303 g/mol. The maximum Gasteiger partial charge on any atom is 0.341 e. The van der Waals surface area contributed by atoms with E-state index in [2.05, 4.69) is 10.1 Å². The van der Waals surface area contributed by atoms with Crippen LogP contribution in [0.1, 0.15) is 56.4 Å². The van der Waals surface area contributed by atoms with Gasteiger partial charge >= 0.3 is 5.97 Å². The van der Waals surface area contributed by atoms with E-state index in [1.165, 1.54) is 12.1 Å². The minimum absolute atomic E-state index is 0.0714. The number of carbonyl (C=O) groups is 1. The van der Waals surface area contributed by atoms with E-state index in [0.717, 1.165) is 6.07 Å². The van der Waals surface area contributed by atoms with E-state index in [9.17, 15) is 14.3 Å². The highest BCUT2D eigenvalue weighted by Gasteiger charge is 2.22. The Morgan fingerprint density at radius 3 is 2.70 bits per heavy atom. The molecule has 0 saturated heterocycles. The van der Waals surface area contributed by atoms with Crippen molar-refractivity contribution in [2.24, 2.45) is 0 Å². The summed E-state index contributed by atoms with van der Waals surface area (Å²) in [6.45, 7) is 6.89. The van der Waals surface area contributed by atoms with Crippen LogP contribution in [0.5, 0.6) is 0 Å². The molecule has 6 nitrogen and oxygen atoms in total. The van der Waals surface area contributed by atoms with Gasteiger partial charge in [-0.15, -0.1) is 0 Å². The zero-order chi connectivity index (χ0) is 17.2. The van der Waals surface area contributed by atoms with Gasteiger partial charge in [-0.05, 0) is 45.4 Å². The molecule has 2 aromatic rings. The average Bonchev–Trinajstić information content (AvgIpc) is 2.94. The molecule has 0 radical (unpaired) electrons. The van der Waals surface area contributed by atoms with Gasteiger partial charge < -0.3 is 14.4 Å². The summed E-state index contributed by atoms with van der Waals surface area (Å²) in [5, 5.41) is 13.3. The summed E-state index contributed by atoms with van der Waals surface area (Å²) in [5.74, 6) is -1.28. The van der Waals surface area contributed by atoms with Crippen LogP contribution in [0.3, 0.4) is 0 Å². The van der Waals surface area contributed by atoms with Crippen LogP contribution in [0.25, 0.3) is 11.5 Å². The second kappa shape index (κ2) is 6.45. The number of nitrogens with zero attached hydrogens (tertiary/aromatic N) is 2. The molecule has 7 heteroatoms. The zero-order valence-electron chi connectivity index (χ0n) is 13.5. The van der Waals surface area contributed by atoms with Crippen LogP contribution in [-0.2, 0) is 4.74 Å². The number of ether oxygens (including phenoxy) is 1. The number of hydrogen-bond donors (Lipinski definition) is 1. The molecule has 1 aromatic heterocycles. The lowest BCUT2D eigenvalue weighted by atomic mass is 10.1. The van der Waals surface area contributed by atoms with Crippen LogP contribution in [0.4, 0.5) is 4.39 Å². The van der Waals surface area contributed by atoms with Crippen molar-refractivity contribution in [3.8, 4) is 11.5 Å². The van der Waals surface area contributed by atoms with Crippen LogP contribution in [0, 0.1) is 5.82 Å². The van der Waals surface area contributed by atoms with Crippen LogP contribution < -0.4 is 0 Å². The highest BCUT2D eigenvalue weighted by Crippen LogP contribution is 2.24. The van der Waals surface area contributed by atoms with Crippen LogP contribution in [0.15, 0.2) is 22.7 Å². The normalized spacial score (nSPS) is 13.0. The Bertz CT molecular complexity index is 706. The minimum Gasteiger partial charge on any atom is -0.456 e. The Balaban J connectivity index is 2.25. The van der Waals surface area contributed by atoms with Crippen molar-refractivity contribution in [3.05, 3.63) is 35.4 Å². The van der Waals surface area contributed by atoms with E-state index in [1.54, 1.807) is 27.7 Å². The fraction of sp³-hybridized carbons (Fsp3) is 0.438. The lowest BCUT2D eigenvalue weighted by Crippen LogP contribution is -2.24. The van der Waals surface area contributed by atoms with E-state index in [-0.39, 0.29) is 17.3 Å². The van der Waals surface area contributed by atoms with Crippen molar-refractivity contribution in [2.45, 2.75) is 45.8 Å². The molecule has 0 fully saturated rings. The van der Waals surface area contributed by atoms with Gasteiger partial charge in [0, 0.05) is 5.56 Å². The van der Waals surface area contributed by atoms with E-state index >= 15 is 0 Å². The molecule has 0 amide bonds. The van der Waals surface area contributed by atoms with E-state index in [1.807, 2.05) is 0 Å². The second-order valence-electron chi connectivity index (χ2n) is 6.08. The summed E-state index contributed by atoms with van der Waals surface area (Å²) in [4.78, 5) is 15.9. The number of aliphatic hydroxyl groups is 1. The molecule has 0 aliphatic carbocycles. The average molecular weight is 322 g/mol. The Morgan fingerprint density at radius 2 is 2.13 bits per heavy atom. The first-order chi connectivity index (χ1) is 10.7. The van der Waals surface area contributed by atoms with Crippen molar-refractivity contribution in [1.29, 1.82) is 0 Å². The van der Waals surface area contributed by atoms with Crippen LogP contribution in [-0.4, -0.2) is 26.8 Å². The third-order valence-corrected chi connectivity index (χ3v) is 2.96. The van der Waals surface area contributed by atoms with Gasteiger partial charge in [-0.3, -0.25) is 0 Å². The predicted molar refractivity (Wildman–Crippen MR) is 80.1 cm³/mol. The molecule has 1 N–H and O–H groups in total. The maximum atomic E-state index is 14.2. The fourth-order valence-electron chi connectivity index (χ4n) is 1.82. The number of halogens is 1. The van der Waals surface area contributed by atoms with Crippen molar-refractivity contribution < 1.29 is 23.6 Å². The SMILES string of the molecule is CC[C@H](O)c1noc(-c2ccc(C(=O)OC(C)(C)C)c(F)c2)n1. The molecule has 0 unspecified atom stereocenters. The van der Waals surface area contributed by atoms with Gasteiger partial charge in [0.05, 0.1) is 5.56 Å². The monoisotopic (exact) mass is 322 g/mol. The summed E-state index contributed by atoms with van der Waals surface area (Å²) in [7, 11) is 0. The molecule has 1 heterocycles. The van der Waals surface area contributed by atoms with Gasteiger partial charge in [0.15, 0.2) is 0 Å². The lowest BCUT2D eigenvalue weighted by molar-refractivity contribution is 0.00647. The van der Waals surface area contributed by atoms with E-state index in [0.29, 0.717) is 12.0 Å². The highest BCUT2D eigenvalue weighted by molar-refractivity contribution is 5.90. The smallest absolute Gasteiger partial charge is 0.341 e. The van der Waals surface area contributed by atoms with Crippen molar-refractivity contribution >= 4 is 5.97 Å². The Labute approximate surface area is 133 Å². The molecule has 124 valence electrons. The number of rotatable bonds is 4. The number of aliphatic hydroxyl groups excluding tert-OH is 1. The number of hydrogen-bond acceptors (Lipinski definition) is 6. The summed E-state index contributed by atoms with van der Waals surface area (Å²) < 4.78 is 24.3. The Morgan fingerprint density at radius 1 is 1.43 bits per heavy atom. The first-order valence-electron chi connectivity index (χ1n) is 7.26. The lowest BCUT2D eigenvalue weighted by Gasteiger charge is -2.19. The summed E-state index contributed by atoms with van der Waals surface area (Å²) in [6.07, 6.45) is -0.399. The van der Waals surface area contributed by atoms with Gasteiger partial charge in [-0.1, -0.05) is 12.1 Å². The van der Waals surface area contributed by atoms with Gasteiger partial charge in [-0.25, -0.2) is 9.18 Å². The van der Waals surface area contributed by atoms with Crippen molar-refractivity contribution in [1.82, 2.24) is 10.1 Å². The minimum atomic E-state index is -0.835. The molecule has 0 bridgehead atoms. The molecule has 1 atom stereocenters. The largest absolute Gasteiger partial charge is 0.456 e. The number of carbonyl (C=O) groups excluding carboxylic acids is 1. The quantitative estimate of drug-likeness (QED) is 0.870. The van der Waals surface area contributed by atoms with Crippen molar-refractivity contribution in [3.63, 3.8) is 0 Å².